The van der Waals surface area contributed by atoms with Crippen LogP contribution < -0.4 is 5.32 Å². The van der Waals surface area contributed by atoms with Crippen LogP contribution in [0.5, 0.6) is 0 Å². The number of benzene rings is 2. The Morgan fingerprint density at radius 1 is 1.08 bits per heavy atom. The summed E-state index contributed by atoms with van der Waals surface area (Å²) in [5.41, 5.74) is 4.90. The molecule has 0 radical (unpaired) electrons. The van der Waals surface area contributed by atoms with Crippen LogP contribution in [0, 0.1) is 6.92 Å². The number of rotatable bonds is 10. The summed E-state index contributed by atoms with van der Waals surface area (Å²) in [6.07, 6.45) is 14.3. The average Bonchev–Trinajstić information content (AvgIpc) is 2.94. The van der Waals surface area contributed by atoms with E-state index in [2.05, 4.69) is 10.3 Å². The molecule has 0 aliphatic heterocycles. The number of carboxylic acids is 1. The Balaban J connectivity index is 1.69. The van der Waals surface area contributed by atoms with Crippen molar-refractivity contribution in [1.29, 1.82) is 0 Å². The fourth-order valence-corrected chi connectivity index (χ4v) is 5.72. The second-order valence-corrected chi connectivity index (χ2v) is 11.1. The SMILES string of the molecule is CSCCC(NC(=O)c1ccc(/C=C/c2cnccc2C2(O)CCCCC2)cc1-c1ccccc1C)C(=O)O. The minimum atomic E-state index is -1.04. The van der Waals surface area contributed by atoms with E-state index in [0.717, 1.165) is 65.5 Å². The van der Waals surface area contributed by atoms with Gasteiger partial charge in [-0.2, -0.15) is 11.8 Å². The zero-order valence-corrected chi connectivity index (χ0v) is 23.3. The van der Waals surface area contributed by atoms with Crippen LogP contribution in [-0.2, 0) is 10.4 Å². The monoisotopic (exact) mass is 544 g/mol. The van der Waals surface area contributed by atoms with Gasteiger partial charge in [-0.1, -0.05) is 61.7 Å². The molecular weight excluding hydrogens is 508 g/mol. The second-order valence-electron chi connectivity index (χ2n) is 10.2. The summed E-state index contributed by atoms with van der Waals surface area (Å²) < 4.78 is 0. The van der Waals surface area contributed by atoms with Crippen LogP contribution in [0.25, 0.3) is 23.3 Å². The highest BCUT2D eigenvalue weighted by Gasteiger charge is 2.32. The van der Waals surface area contributed by atoms with E-state index in [-0.39, 0.29) is 0 Å². The minimum absolute atomic E-state index is 0.350. The van der Waals surface area contributed by atoms with Crippen LogP contribution in [-0.4, -0.2) is 45.1 Å². The molecule has 7 heteroatoms. The van der Waals surface area contributed by atoms with E-state index in [9.17, 15) is 19.8 Å². The summed E-state index contributed by atoms with van der Waals surface area (Å²) in [4.78, 5) is 29.4. The first-order chi connectivity index (χ1) is 18.8. The molecule has 1 saturated carbocycles. The van der Waals surface area contributed by atoms with E-state index >= 15 is 0 Å². The number of carbonyl (C=O) groups is 2. The summed E-state index contributed by atoms with van der Waals surface area (Å²) in [6.45, 7) is 1.99. The Morgan fingerprint density at radius 2 is 1.85 bits per heavy atom. The van der Waals surface area contributed by atoms with Crippen LogP contribution in [0.4, 0.5) is 0 Å². The fourth-order valence-electron chi connectivity index (χ4n) is 5.25. The number of carboxylic acid groups (broad SMARTS) is 1. The van der Waals surface area contributed by atoms with Gasteiger partial charge in [-0.3, -0.25) is 9.78 Å². The smallest absolute Gasteiger partial charge is 0.326 e. The number of nitrogens with zero attached hydrogens (tertiary/aromatic N) is 1. The number of hydrogen-bond donors (Lipinski definition) is 3. The van der Waals surface area contributed by atoms with Crippen molar-refractivity contribution >= 4 is 35.8 Å². The lowest BCUT2D eigenvalue weighted by molar-refractivity contribution is -0.139. The Kier molecular flexibility index (Phi) is 9.59. The number of aryl methyl sites for hydroxylation is 1. The number of aromatic nitrogens is 1. The van der Waals surface area contributed by atoms with Gasteiger partial charge < -0.3 is 15.5 Å². The quantitative estimate of drug-likeness (QED) is 0.276. The Bertz CT molecular complexity index is 1350. The third-order valence-electron chi connectivity index (χ3n) is 7.43. The number of aliphatic carboxylic acids is 1. The first-order valence-electron chi connectivity index (χ1n) is 13.4. The predicted molar refractivity (Wildman–Crippen MR) is 159 cm³/mol. The number of aliphatic hydroxyl groups is 1. The molecule has 1 atom stereocenters. The first-order valence-corrected chi connectivity index (χ1v) is 14.8. The van der Waals surface area contributed by atoms with Crippen LogP contribution in [0.3, 0.4) is 0 Å². The highest BCUT2D eigenvalue weighted by molar-refractivity contribution is 7.98. The van der Waals surface area contributed by atoms with E-state index < -0.39 is 23.5 Å². The van der Waals surface area contributed by atoms with Gasteiger partial charge in [0.25, 0.3) is 5.91 Å². The molecule has 6 nitrogen and oxygen atoms in total. The van der Waals surface area contributed by atoms with Gasteiger partial charge in [0.15, 0.2) is 0 Å². The molecule has 204 valence electrons. The maximum Gasteiger partial charge on any atom is 0.326 e. The molecule has 1 unspecified atom stereocenters. The van der Waals surface area contributed by atoms with E-state index in [0.29, 0.717) is 17.7 Å². The topological polar surface area (TPSA) is 99.5 Å². The van der Waals surface area contributed by atoms with Gasteiger partial charge >= 0.3 is 5.97 Å². The number of amides is 1. The number of nitrogens with one attached hydrogen (secondary N) is 1. The molecule has 0 spiro atoms. The first kappa shape index (κ1) is 28.6. The van der Waals surface area contributed by atoms with Crippen molar-refractivity contribution in [2.45, 2.75) is 57.1 Å². The van der Waals surface area contributed by atoms with Crippen molar-refractivity contribution in [2.24, 2.45) is 0 Å². The largest absolute Gasteiger partial charge is 0.480 e. The number of thioether (sulfide) groups is 1. The van der Waals surface area contributed by atoms with Crippen LogP contribution in [0.1, 0.15) is 71.1 Å². The van der Waals surface area contributed by atoms with Gasteiger partial charge in [-0.15, -0.1) is 0 Å². The molecular formula is C32H36N2O4S. The molecule has 1 fully saturated rings. The van der Waals surface area contributed by atoms with Crippen molar-refractivity contribution in [3.63, 3.8) is 0 Å². The summed E-state index contributed by atoms with van der Waals surface area (Å²) in [7, 11) is 0. The van der Waals surface area contributed by atoms with E-state index in [1.165, 1.54) is 0 Å². The third-order valence-corrected chi connectivity index (χ3v) is 8.07. The number of carbonyl (C=O) groups excluding carboxylic acids is 1. The van der Waals surface area contributed by atoms with Crippen molar-refractivity contribution in [2.75, 3.05) is 12.0 Å². The molecule has 1 aromatic heterocycles. The summed E-state index contributed by atoms with van der Waals surface area (Å²) in [5, 5.41) is 23.7. The molecule has 3 N–H and O–H groups in total. The molecule has 1 heterocycles. The van der Waals surface area contributed by atoms with E-state index in [4.69, 9.17) is 0 Å². The molecule has 0 saturated heterocycles. The molecule has 1 amide bonds. The third kappa shape index (κ3) is 6.97. The molecule has 1 aliphatic rings. The Morgan fingerprint density at radius 3 is 2.56 bits per heavy atom. The maximum absolute atomic E-state index is 13.3. The normalized spacial score (nSPS) is 15.7. The van der Waals surface area contributed by atoms with Crippen LogP contribution in [0.15, 0.2) is 60.9 Å². The average molecular weight is 545 g/mol. The fraction of sp³-hybridized carbons (Fsp3) is 0.344. The van der Waals surface area contributed by atoms with E-state index in [1.54, 1.807) is 30.2 Å². The lowest BCUT2D eigenvalue weighted by atomic mass is 9.78. The Hall–Kier alpha value is -3.42. The van der Waals surface area contributed by atoms with Crippen LogP contribution in [0.2, 0.25) is 0 Å². The zero-order valence-electron chi connectivity index (χ0n) is 22.5. The molecule has 1 aliphatic carbocycles. The van der Waals surface area contributed by atoms with Crippen molar-refractivity contribution in [1.82, 2.24) is 10.3 Å². The van der Waals surface area contributed by atoms with Gasteiger partial charge in [0.2, 0.25) is 0 Å². The van der Waals surface area contributed by atoms with Crippen molar-refractivity contribution < 1.29 is 19.8 Å². The summed E-state index contributed by atoms with van der Waals surface area (Å²) in [5.74, 6) is -0.815. The zero-order chi connectivity index (χ0) is 27.8. The highest BCUT2D eigenvalue weighted by Crippen LogP contribution is 2.39. The van der Waals surface area contributed by atoms with Gasteiger partial charge in [0.05, 0.1) is 5.60 Å². The molecule has 0 bridgehead atoms. The lowest BCUT2D eigenvalue weighted by Gasteiger charge is -2.33. The molecule has 39 heavy (non-hydrogen) atoms. The Labute approximate surface area is 234 Å². The maximum atomic E-state index is 13.3. The van der Waals surface area contributed by atoms with Crippen molar-refractivity contribution in [3.05, 3.63) is 88.7 Å². The van der Waals surface area contributed by atoms with E-state index in [1.807, 2.05) is 67.8 Å². The highest BCUT2D eigenvalue weighted by atomic mass is 32.2. The number of pyridine rings is 1. The van der Waals surface area contributed by atoms with Crippen LogP contribution >= 0.6 is 11.8 Å². The number of hydrogen-bond acceptors (Lipinski definition) is 5. The second kappa shape index (κ2) is 13.1. The molecule has 3 aromatic rings. The van der Waals surface area contributed by atoms with Crippen molar-refractivity contribution in [3.8, 4) is 11.1 Å². The summed E-state index contributed by atoms with van der Waals surface area (Å²) in [6, 6.07) is 14.4. The van der Waals surface area contributed by atoms with Gasteiger partial charge in [0, 0.05) is 18.0 Å². The van der Waals surface area contributed by atoms with Gasteiger partial charge in [0.1, 0.15) is 6.04 Å². The lowest BCUT2D eigenvalue weighted by Crippen LogP contribution is -2.41. The summed E-state index contributed by atoms with van der Waals surface area (Å²) >= 11 is 1.55. The van der Waals surface area contributed by atoms with Gasteiger partial charge in [-0.05, 0) is 89.8 Å². The minimum Gasteiger partial charge on any atom is -0.480 e. The predicted octanol–water partition coefficient (Wildman–Crippen LogP) is 6.32. The standard InChI is InChI=1S/C32H36N2O4S/c1-22-8-4-5-9-25(22)27-20-23(11-13-26(27)30(35)34-29(31(36)37)15-19-39-2)10-12-24-21-33-18-14-28(24)32(38)16-6-3-7-17-32/h4-5,8-14,18,20-21,29,38H,3,6-7,15-17,19H2,1-2H3,(H,34,35)(H,36,37)/b12-10+. The van der Waals surface area contributed by atoms with Gasteiger partial charge in [-0.25, -0.2) is 4.79 Å². The molecule has 4 rings (SSSR count). The molecule has 2 aromatic carbocycles.